The highest BCUT2D eigenvalue weighted by Crippen LogP contribution is 2.39. The number of anilines is 1. The summed E-state index contributed by atoms with van der Waals surface area (Å²) >= 11 is 0. The molecule has 148 valence electrons. The van der Waals surface area contributed by atoms with Crippen molar-refractivity contribution in [3.8, 4) is 11.6 Å². The predicted octanol–water partition coefficient (Wildman–Crippen LogP) is 4.54. The number of ketones is 1. The van der Waals surface area contributed by atoms with Crippen LogP contribution in [0.2, 0.25) is 0 Å². The number of carbonyl (C=O) groups is 1. The maximum Gasteiger partial charge on any atom is 0.354 e. The number of benzene rings is 1. The Morgan fingerprint density at radius 3 is 2.54 bits per heavy atom. The maximum atomic E-state index is 11.8. The fourth-order valence-corrected chi connectivity index (χ4v) is 3.33. The van der Waals surface area contributed by atoms with Gasteiger partial charge in [0.05, 0.1) is 4.92 Å². The van der Waals surface area contributed by atoms with E-state index in [1.165, 1.54) is 0 Å². The van der Waals surface area contributed by atoms with Crippen LogP contribution < -0.4 is 9.64 Å². The number of aryl methyl sites for hydroxylation is 1. The summed E-state index contributed by atoms with van der Waals surface area (Å²) in [6, 6.07) is 8.90. The number of aromatic nitrogens is 1. The van der Waals surface area contributed by atoms with Crippen LogP contribution >= 0.6 is 0 Å². The average molecular weight is 383 g/mol. The van der Waals surface area contributed by atoms with Crippen LogP contribution in [-0.2, 0) is 11.2 Å². The third-order valence-corrected chi connectivity index (χ3v) is 5.08. The Hall–Kier alpha value is -2.96. The first-order valence-electron chi connectivity index (χ1n) is 9.58. The van der Waals surface area contributed by atoms with Crippen LogP contribution in [0.3, 0.4) is 0 Å². The molecule has 0 radical (unpaired) electrons. The standard InChI is InChI=1S/C21H25N3O4/c1-15-10-13-23(14-11-15)19-9-12-22-21(20(19)24(26)27)28-18-7-5-17(6-8-18)4-3-16(2)25/h5-9,12,15H,3-4,10-11,13-14H2,1-2H3. The first-order chi connectivity index (χ1) is 13.4. The monoisotopic (exact) mass is 383 g/mol. The van der Waals surface area contributed by atoms with E-state index in [4.69, 9.17) is 4.74 Å². The quantitative estimate of drug-likeness (QED) is 0.515. The van der Waals surface area contributed by atoms with Gasteiger partial charge < -0.3 is 14.4 Å². The van der Waals surface area contributed by atoms with Crippen molar-refractivity contribution < 1.29 is 14.5 Å². The lowest BCUT2D eigenvalue weighted by molar-refractivity contribution is -0.385. The van der Waals surface area contributed by atoms with Crippen molar-refractivity contribution >= 4 is 17.2 Å². The number of piperidine rings is 1. The molecule has 28 heavy (non-hydrogen) atoms. The number of ether oxygens (including phenoxy) is 1. The maximum absolute atomic E-state index is 11.8. The summed E-state index contributed by atoms with van der Waals surface area (Å²) < 4.78 is 5.76. The van der Waals surface area contributed by atoms with Gasteiger partial charge >= 0.3 is 11.6 Å². The fraction of sp³-hybridized carbons (Fsp3) is 0.429. The molecule has 0 saturated carbocycles. The van der Waals surface area contributed by atoms with Crippen LogP contribution in [0.5, 0.6) is 11.6 Å². The number of carbonyl (C=O) groups excluding carboxylic acids is 1. The second-order valence-electron chi connectivity index (χ2n) is 7.36. The highest BCUT2D eigenvalue weighted by Gasteiger charge is 2.28. The summed E-state index contributed by atoms with van der Waals surface area (Å²) in [4.78, 5) is 28.6. The van der Waals surface area contributed by atoms with Gasteiger partial charge in [0.15, 0.2) is 0 Å². The van der Waals surface area contributed by atoms with Gasteiger partial charge in [0.1, 0.15) is 17.2 Å². The number of Topliss-reactive ketones (excluding diaryl/α,β-unsaturated/α-hetero) is 1. The highest BCUT2D eigenvalue weighted by atomic mass is 16.6. The topological polar surface area (TPSA) is 85.6 Å². The van der Waals surface area contributed by atoms with E-state index < -0.39 is 4.92 Å². The molecular formula is C21H25N3O4. The third-order valence-electron chi connectivity index (χ3n) is 5.08. The largest absolute Gasteiger partial charge is 0.434 e. The van der Waals surface area contributed by atoms with Crippen molar-refractivity contribution in [2.75, 3.05) is 18.0 Å². The zero-order chi connectivity index (χ0) is 20.1. The molecule has 7 nitrogen and oxygen atoms in total. The van der Waals surface area contributed by atoms with Crippen molar-refractivity contribution in [1.29, 1.82) is 0 Å². The molecule has 1 fully saturated rings. The minimum Gasteiger partial charge on any atom is -0.434 e. The van der Waals surface area contributed by atoms with Gasteiger partial charge in [-0.3, -0.25) is 10.1 Å². The Balaban J connectivity index is 1.81. The predicted molar refractivity (Wildman–Crippen MR) is 107 cm³/mol. The van der Waals surface area contributed by atoms with E-state index in [2.05, 4.69) is 11.9 Å². The van der Waals surface area contributed by atoms with E-state index in [1.807, 2.05) is 17.0 Å². The summed E-state index contributed by atoms with van der Waals surface area (Å²) in [5.74, 6) is 1.25. The normalized spacial score (nSPS) is 14.7. The molecule has 0 amide bonds. The molecule has 0 unspecified atom stereocenters. The summed E-state index contributed by atoms with van der Waals surface area (Å²) in [6.07, 6.45) is 4.73. The van der Waals surface area contributed by atoms with E-state index in [1.54, 1.807) is 31.3 Å². The second-order valence-corrected chi connectivity index (χ2v) is 7.36. The lowest BCUT2D eigenvalue weighted by atomic mass is 9.99. The van der Waals surface area contributed by atoms with Crippen LogP contribution in [0.4, 0.5) is 11.4 Å². The van der Waals surface area contributed by atoms with Crippen LogP contribution in [0.1, 0.15) is 38.7 Å². The molecule has 1 aliphatic rings. The molecule has 3 rings (SSSR count). The minimum absolute atomic E-state index is 0.00221. The van der Waals surface area contributed by atoms with Gasteiger partial charge in [0.2, 0.25) is 0 Å². The zero-order valence-corrected chi connectivity index (χ0v) is 16.3. The number of hydrogen-bond acceptors (Lipinski definition) is 6. The Morgan fingerprint density at radius 2 is 1.93 bits per heavy atom. The molecule has 7 heteroatoms. The molecule has 0 aliphatic carbocycles. The number of rotatable bonds is 7. The molecule has 0 spiro atoms. The van der Waals surface area contributed by atoms with Crippen molar-refractivity contribution in [3.63, 3.8) is 0 Å². The fourth-order valence-electron chi connectivity index (χ4n) is 3.33. The van der Waals surface area contributed by atoms with Gasteiger partial charge in [-0.05, 0) is 55.9 Å². The van der Waals surface area contributed by atoms with E-state index in [0.717, 1.165) is 31.5 Å². The van der Waals surface area contributed by atoms with Gasteiger partial charge in [0.25, 0.3) is 0 Å². The van der Waals surface area contributed by atoms with Gasteiger partial charge in [0, 0.05) is 25.7 Å². The molecular weight excluding hydrogens is 358 g/mol. The van der Waals surface area contributed by atoms with Crippen molar-refractivity contribution in [2.24, 2.45) is 5.92 Å². The first kappa shape index (κ1) is 19.8. The molecule has 0 atom stereocenters. The summed E-state index contributed by atoms with van der Waals surface area (Å²) in [7, 11) is 0. The SMILES string of the molecule is CC(=O)CCc1ccc(Oc2nccc(N3CCC(C)CC3)c2[N+](=O)[O-])cc1. The third kappa shape index (κ3) is 4.85. The Labute approximate surface area is 164 Å². The number of pyridine rings is 1. The Kier molecular flexibility index (Phi) is 6.23. The zero-order valence-electron chi connectivity index (χ0n) is 16.3. The van der Waals surface area contributed by atoms with E-state index in [9.17, 15) is 14.9 Å². The molecule has 2 aromatic rings. The molecule has 1 aromatic carbocycles. The van der Waals surface area contributed by atoms with Crippen molar-refractivity contribution in [3.05, 3.63) is 52.2 Å². The molecule has 1 aromatic heterocycles. The van der Waals surface area contributed by atoms with Crippen LogP contribution in [0.25, 0.3) is 0 Å². The van der Waals surface area contributed by atoms with Gasteiger partial charge in [-0.15, -0.1) is 0 Å². The van der Waals surface area contributed by atoms with Crippen LogP contribution in [0.15, 0.2) is 36.5 Å². The Morgan fingerprint density at radius 1 is 1.25 bits per heavy atom. The molecule has 2 heterocycles. The lowest BCUT2D eigenvalue weighted by Crippen LogP contribution is -2.33. The molecule has 1 aliphatic heterocycles. The minimum atomic E-state index is -0.420. The number of nitro groups is 1. The highest BCUT2D eigenvalue weighted by molar-refractivity contribution is 5.75. The van der Waals surface area contributed by atoms with E-state index in [-0.39, 0.29) is 17.4 Å². The summed E-state index contributed by atoms with van der Waals surface area (Å²) in [5, 5.41) is 11.8. The molecule has 0 bridgehead atoms. The van der Waals surface area contributed by atoms with Crippen LogP contribution in [-0.4, -0.2) is 28.8 Å². The second kappa shape index (κ2) is 8.82. The summed E-state index contributed by atoms with van der Waals surface area (Å²) in [5.41, 5.74) is 1.47. The van der Waals surface area contributed by atoms with Gasteiger partial charge in [-0.25, -0.2) is 4.98 Å². The first-order valence-corrected chi connectivity index (χ1v) is 9.58. The smallest absolute Gasteiger partial charge is 0.354 e. The lowest BCUT2D eigenvalue weighted by Gasteiger charge is -2.31. The summed E-state index contributed by atoms with van der Waals surface area (Å²) in [6.45, 7) is 5.35. The molecule has 0 N–H and O–H groups in total. The van der Waals surface area contributed by atoms with Gasteiger partial charge in [-0.1, -0.05) is 19.1 Å². The van der Waals surface area contributed by atoms with Crippen molar-refractivity contribution in [2.45, 2.75) is 39.5 Å². The average Bonchev–Trinajstić information content (AvgIpc) is 2.67. The number of nitrogens with zero attached hydrogens (tertiary/aromatic N) is 3. The Bertz CT molecular complexity index is 843. The van der Waals surface area contributed by atoms with E-state index >= 15 is 0 Å². The van der Waals surface area contributed by atoms with E-state index in [0.29, 0.717) is 30.2 Å². The molecule has 1 saturated heterocycles. The van der Waals surface area contributed by atoms with Crippen LogP contribution in [0, 0.1) is 16.0 Å². The van der Waals surface area contributed by atoms with Gasteiger partial charge in [-0.2, -0.15) is 0 Å². The van der Waals surface area contributed by atoms with Crippen molar-refractivity contribution in [1.82, 2.24) is 4.98 Å². The number of hydrogen-bond donors (Lipinski definition) is 0.